The number of halogens is 2. The molecule has 0 amide bonds. The van der Waals surface area contributed by atoms with Crippen LogP contribution in [0.15, 0.2) is 24.7 Å². The molecule has 2 aromatic heterocycles. The first-order chi connectivity index (χ1) is 8.65. The summed E-state index contributed by atoms with van der Waals surface area (Å²) in [6.07, 6.45) is 2.11. The maximum Gasteiger partial charge on any atom is 0.267 e. The van der Waals surface area contributed by atoms with Crippen molar-refractivity contribution in [2.45, 2.75) is 19.9 Å². The summed E-state index contributed by atoms with van der Waals surface area (Å²) < 4.78 is 27.2. The molecule has 0 spiro atoms. The Labute approximate surface area is 102 Å². The smallest absolute Gasteiger partial charge is 0.267 e. The van der Waals surface area contributed by atoms with Gasteiger partial charge in [-0.25, -0.2) is 8.78 Å². The van der Waals surface area contributed by atoms with E-state index in [9.17, 15) is 13.6 Å². The van der Waals surface area contributed by atoms with Crippen molar-refractivity contribution in [1.29, 1.82) is 0 Å². The van der Waals surface area contributed by atoms with Crippen LogP contribution in [0.2, 0.25) is 0 Å². The van der Waals surface area contributed by atoms with E-state index >= 15 is 0 Å². The lowest BCUT2D eigenvalue weighted by molar-refractivity contribution is 0.112. The average Bonchev–Trinajstić information content (AvgIpc) is 2.83. The van der Waals surface area contributed by atoms with E-state index in [-0.39, 0.29) is 11.3 Å². The predicted molar refractivity (Wildman–Crippen MR) is 61.5 cm³/mol. The third-order valence-electron chi connectivity index (χ3n) is 2.52. The third kappa shape index (κ3) is 2.27. The van der Waals surface area contributed by atoms with Crippen LogP contribution in [0.4, 0.5) is 8.78 Å². The van der Waals surface area contributed by atoms with Gasteiger partial charge >= 0.3 is 0 Å². The van der Waals surface area contributed by atoms with Crippen molar-refractivity contribution in [2.75, 3.05) is 0 Å². The van der Waals surface area contributed by atoms with Crippen molar-refractivity contribution in [3.63, 3.8) is 0 Å². The molecule has 0 atom stereocenters. The van der Waals surface area contributed by atoms with E-state index < -0.39 is 6.43 Å². The van der Waals surface area contributed by atoms with E-state index in [0.717, 1.165) is 0 Å². The molecule has 18 heavy (non-hydrogen) atoms. The molecule has 0 saturated heterocycles. The van der Waals surface area contributed by atoms with Crippen LogP contribution in [0, 0.1) is 0 Å². The van der Waals surface area contributed by atoms with Gasteiger partial charge in [0.1, 0.15) is 5.69 Å². The highest BCUT2D eigenvalue weighted by Gasteiger charge is 2.19. The van der Waals surface area contributed by atoms with Gasteiger partial charge in [-0.05, 0) is 13.0 Å². The van der Waals surface area contributed by atoms with Gasteiger partial charge in [0, 0.05) is 36.3 Å². The van der Waals surface area contributed by atoms with Crippen LogP contribution in [0.5, 0.6) is 0 Å². The summed E-state index contributed by atoms with van der Waals surface area (Å²) in [6.45, 7) is 2.31. The number of hydrogen-bond acceptors (Lipinski definition) is 3. The van der Waals surface area contributed by atoms with Crippen LogP contribution in [-0.2, 0) is 6.54 Å². The molecule has 2 rings (SSSR count). The van der Waals surface area contributed by atoms with E-state index in [1.807, 2.05) is 6.92 Å². The number of aromatic nitrogens is 3. The SMILES string of the molecule is CCn1cc(C(F)F)c(-c2cncc(C=O)c2)n1. The Morgan fingerprint density at radius 1 is 1.44 bits per heavy atom. The van der Waals surface area contributed by atoms with E-state index in [4.69, 9.17) is 0 Å². The van der Waals surface area contributed by atoms with Gasteiger partial charge < -0.3 is 0 Å². The van der Waals surface area contributed by atoms with E-state index in [2.05, 4.69) is 10.1 Å². The number of aldehydes is 1. The predicted octanol–water partition coefficient (Wildman–Crippen LogP) is 2.72. The standard InChI is InChI=1S/C12H11F2N3O/c1-2-17-6-10(12(13)14)11(16-17)9-3-8(7-18)4-15-5-9/h3-7,12H,2H2,1H3. The number of carbonyl (C=O) groups is 1. The molecule has 0 unspecified atom stereocenters. The fourth-order valence-corrected chi connectivity index (χ4v) is 1.63. The molecule has 0 fully saturated rings. The second-order valence-electron chi connectivity index (χ2n) is 3.71. The number of nitrogens with zero attached hydrogens (tertiary/aromatic N) is 3. The minimum atomic E-state index is -2.61. The monoisotopic (exact) mass is 251 g/mol. The normalized spacial score (nSPS) is 10.9. The lowest BCUT2D eigenvalue weighted by Gasteiger charge is -2.01. The minimum absolute atomic E-state index is 0.151. The summed E-state index contributed by atoms with van der Waals surface area (Å²) in [5, 5.41) is 4.08. The summed E-state index contributed by atoms with van der Waals surface area (Å²) >= 11 is 0. The summed E-state index contributed by atoms with van der Waals surface area (Å²) in [6, 6.07) is 1.49. The van der Waals surface area contributed by atoms with Crippen LogP contribution in [0.25, 0.3) is 11.3 Å². The zero-order valence-corrected chi connectivity index (χ0v) is 9.68. The molecular formula is C12H11F2N3O. The zero-order valence-electron chi connectivity index (χ0n) is 9.68. The van der Waals surface area contributed by atoms with Gasteiger partial charge in [-0.1, -0.05) is 0 Å². The van der Waals surface area contributed by atoms with Crippen molar-refractivity contribution in [3.05, 3.63) is 35.8 Å². The van der Waals surface area contributed by atoms with E-state index in [1.54, 1.807) is 0 Å². The molecule has 0 N–H and O–H groups in total. The Morgan fingerprint density at radius 2 is 2.22 bits per heavy atom. The first-order valence-electron chi connectivity index (χ1n) is 5.41. The molecule has 0 aliphatic heterocycles. The molecular weight excluding hydrogens is 240 g/mol. The second kappa shape index (κ2) is 5.03. The maximum atomic E-state index is 12.9. The zero-order chi connectivity index (χ0) is 13.1. The third-order valence-corrected chi connectivity index (χ3v) is 2.52. The van der Waals surface area contributed by atoms with Gasteiger partial charge in [-0.15, -0.1) is 0 Å². The van der Waals surface area contributed by atoms with Crippen molar-refractivity contribution in [1.82, 2.24) is 14.8 Å². The molecule has 0 aliphatic carbocycles. The Kier molecular flexibility index (Phi) is 3.45. The number of hydrogen-bond donors (Lipinski definition) is 0. The van der Waals surface area contributed by atoms with Gasteiger partial charge in [0.05, 0.1) is 5.56 Å². The summed E-state index contributed by atoms with van der Waals surface area (Å²) in [5.74, 6) is 0. The highest BCUT2D eigenvalue weighted by atomic mass is 19.3. The Hall–Kier alpha value is -2.11. The molecule has 0 saturated carbocycles. The molecule has 0 radical (unpaired) electrons. The van der Waals surface area contributed by atoms with Crippen LogP contribution in [-0.4, -0.2) is 21.1 Å². The highest BCUT2D eigenvalue weighted by Crippen LogP contribution is 2.29. The summed E-state index contributed by atoms with van der Waals surface area (Å²) in [4.78, 5) is 14.5. The fraction of sp³-hybridized carbons (Fsp3) is 0.250. The van der Waals surface area contributed by atoms with E-state index in [0.29, 0.717) is 24.0 Å². The molecule has 94 valence electrons. The Bertz CT molecular complexity index is 566. The Balaban J connectivity index is 2.54. The summed E-state index contributed by atoms with van der Waals surface area (Å²) in [5.41, 5.74) is 0.769. The molecule has 2 aromatic rings. The lowest BCUT2D eigenvalue weighted by Crippen LogP contribution is -1.94. The van der Waals surface area contributed by atoms with Crippen LogP contribution < -0.4 is 0 Å². The van der Waals surface area contributed by atoms with Crippen molar-refractivity contribution in [2.24, 2.45) is 0 Å². The van der Waals surface area contributed by atoms with Crippen LogP contribution in [0.3, 0.4) is 0 Å². The Morgan fingerprint density at radius 3 is 2.83 bits per heavy atom. The maximum absolute atomic E-state index is 12.9. The first-order valence-corrected chi connectivity index (χ1v) is 5.41. The molecule has 0 aromatic carbocycles. The van der Waals surface area contributed by atoms with Gasteiger partial charge in [0.2, 0.25) is 0 Å². The topological polar surface area (TPSA) is 47.8 Å². The first kappa shape index (κ1) is 12.3. The van der Waals surface area contributed by atoms with Gasteiger partial charge in [0.15, 0.2) is 6.29 Å². The van der Waals surface area contributed by atoms with Crippen molar-refractivity contribution >= 4 is 6.29 Å². The highest BCUT2D eigenvalue weighted by molar-refractivity contribution is 5.77. The van der Waals surface area contributed by atoms with Crippen LogP contribution >= 0.6 is 0 Å². The van der Waals surface area contributed by atoms with Gasteiger partial charge in [0.25, 0.3) is 6.43 Å². The largest absolute Gasteiger partial charge is 0.298 e. The fourth-order valence-electron chi connectivity index (χ4n) is 1.63. The number of carbonyl (C=O) groups excluding carboxylic acids is 1. The number of rotatable bonds is 4. The van der Waals surface area contributed by atoms with Crippen molar-refractivity contribution < 1.29 is 13.6 Å². The van der Waals surface area contributed by atoms with Gasteiger partial charge in [-0.3, -0.25) is 14.5 Å². The minimum Gasteiger partial charge on any atom is -0.298 e. The van der Waals surface area contributed by atoms with Crippen LogP contribution in [0.1, 0.15) is 29.3 Å². The lowest BCUT2D eigenvalue weighted by atomic mass is 10.1. The van der Waals surface area contributed by atoms with Gasteiger partial charge in [-0.2, -0.15) is 5.10 Å². The second-order valence-corrected chi connectivity index (χ2v) is 3.71. The summed E-state index contributed by atoms with van der Waals surface area (Å²) in [7, 11) is 0. The molecule has 6 heteroatoms. The average molecular weight is 251 g/mol. The molecule has 0 bridgehead atoms. The van der Waals surface area contributed by atoms with Crippen molar-refractivity contribution in [3.8, 4) is 11.3 Å². The molecule has 2 heterocycles. The quantitative estimate of drug-likeness (QED) is 0.785. The number of pyridine rings is 1. The molecule has 0 aliphatic rings. The van der Waals surface area contributed by atoms with E-state index in [1.165, 1.54) is 29.3 Å². The number of alkyl halides is 2. The number of aryl methyl sites for hydroxylation is 1. The molecule has 4 nitrogen and oxygen atoms in total.